The van der Waals surface area contributed by atoms with E-state index in [1.807, 2.05) is 0 Å². The van der Waals surface area contributed by atoms with E-state index in [1.54, 1.807) is 6.92 Å². The number of carboxylic acids is 1. The van der Waals surface area contributed by atoms with Gasteiger partial charge in [-0.1, -0.05) is 6.92 Å². The summed E-state index contributed by atoms with van der Waals surface area (Å²) in [4.78, 5) is 20.5. The van der Waals surface area contributed by atoms with Gasteiger partial charge in [-0.15, -0.1) is 0 Å². The maximum atomic E-state index is 10.3. The molecule has 66 valence electrons. The molecule has 3 N–H and O–H groups in total. The lowest BCUT2D eigenvalue weighted by molar-refractivity contribution is -0.148. The number of rotatable bonds is 4. The smallest absolute Gasteiger partial charge is 0.334 e. The Morgan fingerprint density at radius 1 is 1.58 bits per heavy atom. The van der Waals surface area contributed by atoms with E-state index in [1.165, 1.54) is 0 Å². The number of aliphatic hydroxyl groups is 1. The van der Waals surface area contributed by atoms with Crippen LogP contribution in [0.15, 0.2) is 0 Å². The Balaban J connectivity index is 4.14. The quantitative estimate of drug-likeness (QED) is 0.477. The molecule has 0 aromatic heterocycles. The summed E-state index contributed by atoms with van der Waals surface area (Å²) >= 11 is 0. The molecule has 0 saturated heterocycles. The molecule has 0 spiro atoms. The van der Waals surface area contributed by atoms with Crippen LogP contribution in [0.25, 0.3) is 0 Å². The second kappa shape index (κ2) is 4.76. The maximum absolute atomic E-state index is 10.3. The number of aliphatic hydroxyl groups excluding tert-OH is 1. The molecule has 0 fully saturated rings. The number of carbonyl (C=O) groups is 2. The molecular formula is C6H10BNO4. The van der Waals surface area contributed by atoms with Crippen LogP contribution in [-0.2, 0) is 4.79 Å². The number of hydrogen-bond acceptors (Lipinski definition) is 3. The average Bonchev–Trinajstić information content (AvgIpc) is 1.98. The molecule has 0 aliphatic rings. The van der Waals surface area contributed by atoms with Gasteiger partial charge in [0, 0.05) is 0 Å². The minimum Gasteiger partial charge on any atom is -0.479 e. The van der Waals surface area contributed by atoms with Gasteiger partial charge in [-0.2, -0.15) is 0 Å². The van der Waals surface area contributed by atoms with Gasteiger partial charge in [0.15, 0.2) is 11.9 Å². The molecule has 6 heteroatoms. The molecule has 0 saturated carbocycles. The summed E-state index contributed by atoms with van der Waals surface area (Å²) in [5.74, 6) is -2.22. The maximum Gasteiger partial charge on any atom is 0.334 e. The highest BCUT2D eigenvalue weighted by atomic mass is 16.4. The number of carbonyl (C=O) groups excluding carboxylic acids is 1. The van der Waals surface area contributed by atoms with Crippen LogP contribution in [-0.4, -0.2) is 42.0 Å². The number of aliphatic carboxylic acids is 1. The lowest BCUT2D eigenvalue weighted by atomic mass is 10.0. The van der Waals surface area contributed by atoms with Crippen molar-refractivity contribution in [1.82, 2.24) is 5.32 Å². The van der Waals surface area contributed by atoms with E-state index in [0.717, 1.165) is 0 Å². The van der Waals surface area contributed by atoms with Crippen LogP contribution in [0.3, 0.4) is 0 Å². The van der Waals surface area contributed by atoms with Gasteiger partial charge in [0.2, 0.25) is 7.85 Å². The first kappa shape index (κ1) is 11.0. The van der Waals surface area contributed by atoms with Gasteiger partial charge in [0.05, 0.1) is 6.04 Å². The Kier molecular flexibility index (Phi) is 4.35. The van der Waals surface area contributed by atoms with Crippen molar-refractivity contribution in [3.63, 3.8) is 0 Å². The fraction of sp³-hybridized carbons (Fsp3) is 0.667. The Morgan fingerprint density at radius 2 is 2.08 bits per heavy atom. The van der Waals surface area contributed by atoms with Crippen molar-refractivity contribution in [3.8, 4) is 0 Å². The number of hydrogen-bond donors (Lipinski definition) is 3. The number of carboxylic acid groups (broad SMARTS) is 1. The molecule has 5 nitrogen and oxygen atoms in total. The van der Waals surface area contributed by atoms with Crippen LogP contribution in [0.1, 0.15) is 13.3 Å². The minimum absolute atomic E-state index is 0.302. The summed E-state index contributed by atoms with van der Waals surface area (Å²) in [6, 6.07) is -0.833. The van der Waals surface area contributed by atoms with Crippen molar-refractivity contribution in [2.24, 2.45) is 0 Å². The predicted octanol–water partition coefficient (Wildman–Crippen LogP) is -0.911. The Morgan fingerprint density at radius 3 is 2.33 bits per heavy atom. The van der Waals surface area contributed by atoms with Gasteiger partial charge < -0.3 is 15.5 Å². The highest BCUT2D eigenvalue weighted by Crippen LogP contribution is 1.98. The van der Waals surface area contributed by atoms with Gasteiger partial charge in [-0.25, -0.2) is 4.79 Å². The molecular weight excluding hydrogens is 161 g/mol. The third-order valence-corrected chi connectivity index (χ3v) is 1.40. The lowest BCUT2D eigenvalue weighted by Gasteiger charge is -2.18. The zero-order valence-electron chi connectivity index (χ0n) is 6.65. The molecule has 2 unspecified atom stereocenters. The van der Waals surface area contributed by atoms with Gasteiger partial charge in [0.25, 0.3) is 0 Å². The summed E-state index contributed by atoms with van der Waals surface area (Å²) in [5.41, 5.74) is 0. The molecule has 0 aromatic carbocycles. The van der Waals surface area contributed by atoms with E-state index in [0.29, 0.717) is 6.42 Å². The Bertz CT molecular complexity index is 184. The van der Waals surface area contributed by atoms with E-state index < -0.39 is 23.9 Å². The fourth-order valence-electron chi connectivity index (χ4n) is 0.759. The standard InChI is InChI=1S/C6H10BNO4/c1-2-3(8-6(7)12)4(9)5(10)11/h3-4,9H,2H2,1H3,(H,8,12)(H,10,11). The molecule has 0 aliphatic heterocycles. The molecule has 12 heavy (non-hydrogen) atoms. The van der Waals surface area contributed by atoms with Crippen LogP contribution in [0, 0.1) is 0 Å². The minimum atomic E-state index is -1.61. The summed E-state index contributed by atoms with van der Waals surface area (Å²) in [5, 5.41) is 19.4. The monoisotopic (exact) mass is 171 g/mol. The molecule has 2 atom stereocenters. The van der Waals surface area contributed by atoms with E-state index in [-0.39, 0.29) is 0 Å². The molecule has 0 heterocycles. The summed E-state index contributed by atoms with van der Waals surface area (Å²) in [6.07, 6.45) is -1.31. The molecule has 0 aliphatic carbocycles. The van der Waals surface area contributed by atoms with Gasteiger partial charge in [0.1, 0.15) is 0 Å². The number of nitrogens with one attached hydrogen (secondary N) is 1. The zero-order chi connectivity index (χ0) is 9.72. The third kappa shape index (κ3) is 3.38. The Labute approximate surface area is 71.2 Å². The van der Waals surface area contributed by atoms with Crippen LogP contribution in [0.4, 0.5) is 4.79 Å². The topological polar surface area (TPSA) is 86.6 Å². The van der Waals surface area contributed by atoms with Crippen molar-refractivity contribution in [3.05, 3.63) is 0 Å². The van der Waals surface area contributed by atoms with E-state index in [9.17, 15) is 9.59 Å². The second-order valence-electron chi connectivity index (χ2n) is 2.31. The molecule has 0 aromatic rings. The van der Waals surface area contributed by atoms with Crippen LogP contribution in [0.5, 0.6) is 0 Å². The summed E-state index contributed by atoms with van der Waals surface area (Å²) in [7, 11) is 4.75. The summed E-state index contributed by atoms with van der Waals surface area (Å²) in [6.45, 7) is 1.63. The van der Waals surface area contributed by atoms with Crippen molar-refractivity contribution in [2.45, 2.75) is 25.5 Å². The highest BCUT2D eigenvalue weighted by Gasteiger charge is 2.24. The SMILES string of the molecule is [B]C(=O)NC(CC)C(O)C(=O)O. The molecule has 0 rings (SSSR count). The normalized spacial score (nSPS) is 14.8. The Hall–Kier alpha value is -1.04. The molecule has 2 radical (unpaired) electrons. The van der Waals surface area contributed by atoms with E-state index >= 15 is 0 Å². The van der Waals surface area contributed by atoms with Crippen molar-refractivity contribution in [1.29, 1.82) is 0 Å². The van der Waals surface area contributed by atoms with E-state index in [2.05, 4.69) is 5.32 Å². The van der Waals surface area contributed by atoms with Gasteiger partial charge in [-0.05, 0) is 6.42 Å². The average molecular weight is 171 g/mol. The molecule has 0 bridgehead atoms. The highest BCUT2D eigenvalue weighted by molar-refractivity contribution is 6.57. The molecule has 1 amide bonds. The largest absolute Gasteiger partial charge is 0.479 e. The fourth-order valence-corrected chi connectivity index (χ4v) is 0.759. The van der Waals surface area contributed by atoms with Crippen LogP contribution < -0.4 is 5.32 Å². The summed E-state index contributed by atoms with van der Waals surface area (Å²) < 4.78 is 0. The van der Waals surface area contributed by atoms with Gasteiger partial charge in [-0.3, -0.25) is 4.79 Å². The first-order valence-corrected chi connectivity index (χ1v) is 3.45. The predicted molar refractivity (Wildman–Crippen MR) is 42.0 cm³/mol. The first-order chi connectivity index (χ1) is 5.49. The first-order valence-electron chi connectivity index (χ1n) is 3.45. The van der Waals surface area contributed by atoms with Crippen molar-refractivity contribution in [2.75, 3.05) is 0 Å². The van der Waals surface area contributed by atoms with Crippen molar-refractivity contribution >= 4 is 19.6 Å². The number of amides is 1. The van der Waals surface area contributed by atoms with Crippen LogP contribution in [0.2, 0.25) is 0 Å². The second-order valence-corrected chi connectivity index (χ2v) is 2.31. The van der Waals surface area contributed by atoms with Gasteiger partial charge >= 0.3 is 5.97 Å². The lowest BCUT2D eigenvalue weighted by Crippen LogP contribution is -2.46. The van der Waals surface area contributed by atoms with Crippen LogP contribution >= 0.6 is 0 Å². The van der Waals surface area contributed by atoms with Crippen molar-refractivity contribution < 1.29 is 19.8 Å². The van der Waals surface area contributed by atoms with E-state index in [4.69, 9.17) is 18.1 Å². The third-order valence-electron chi connectivity index (χ3n) is 1.40. The zero-order valence-corrected chi connectivity index (χ0v) is 6.65.